The molecule has 1 unspecified atom stereocenters. The second-order valence-electron chi connectivity index (χ2n) is 4.67. The molecule has 0 saturated heterocycles. The minimum Gasteiger partial charge on any atom is -0.427 e. The van der Waals surface area contributed by atoms with Gasteiger partial charge in [0.05, 0.1) is 11.7 Å². The lowest BCUT2D eigenvalue weighted by Crippen LogP contribution is -2.42. The van der Waals surface area contributed by atoms with Crippen molar-refractivity contribution < 1.29 is 9.76 Å². The fourth-order valence-corrected chi connectivity index (χ4v) is 1.50. The fourth-order valence-electron chi connectivity index (χ4n) is 1.50. The average Bonchev–Trinajstić information content (AvgIpc) is 2.26. The van der Waals surface area contributed by atoms with Crippen LogP contribution >= 0.6 is 0 Å². The third-order valence-electron chi connectivity index (χ3n) is 2.83. The van der Waals surface area contributed by atoms with E-state index in [2.05, 4.69) is 4.98 Å². The van der Waals surface area contributed by atoms with E-state index in [0.29, 0.717) is 12.2 Å². The van der Waals surface area contributed by atoms with Gasteiger partial charge in [-0.3, -0.25) is 0 Å². The van der Waals surface area contributed by atoms with Crippen LogP contribution in [0.5, 0.6) is 0 Å². The van der Waals surface area contributed by atoms with Crippen molar-refractivity contribution in [3.63, 3.8) is 0 Å². The summed E-state index contributed by atoms with van der Waals surface area (Å²) in [7, 11) is 1.63. The molecule has 1 aromatic heterocycles. The molecule has 5 heteroatoms. The standard InChI is InChI=1S/C12H20BN2O2/c1-5-10(16)12(3,4)17-13-9-6-7-11(14)15-8(9)2/h6-7,10,16H,5H2,1-4H3,(H2,14,15). The number of hydrogen-bond donors (Lipinski definition) is 2. The Labute approximate surface area is 103 Å². The molecule has 3 N–H and O–H groups in total. The Morgan fingerprint density at radius 1 is 1.53 bits per heavy atom. The van der Waals surface area contributed by atoms with Crippen molar-refractivity contribution in [2.75, 3.05) is 5.73 Å². The summed E-state index contributed by atoms with van der Waals surface area (Å²) < 4.78 is 5.63. The van der Waals surface area contributed by atoms with Gasteiger partial charge in [-0.1, -0.05) is 13.0 Å². The van der Waals surface area contributed by atoms with Crippen LogP contribution in [0.3, 0.4) is 0 Å². The van der Waals surface area contributed by atoms with Crippen molar-refractivity contribution in [2.45, 2.75) is 45.8 Å². The van der Waals surface area contributed by atoms with Crippen molar-refractivity contribution in [1.29, 1.82) is 0 Å². The summed E-state index contributed by atoms with van der Waals surface area (Å²) in [5, 5.41) is 9.80. The van der Waals surface area contributed by atoms with Crippen LogP contribution in [-0.4, -0.2) is 29.3 Å². The fraction of sp³-hybridized carbons (Fsp3) is 0.583. The topological polar surface area (TPSA) is 68.4 Å². The highest BCUT2D eigenvalue weighted by molar-refractivity contribution is 6.47. The van der Waals surface area contributed by atoms with E-state index in [-0.39, 0.29) is 0 Å². The molecule has 0 fully saturated rings. The maximum Gasteiger partial charge on any atom is 0.332 e. The molecule has 4 nitrogen and oxygen atoms in total. The van der Waals surface area contributed by atoms with Crippen LogP contribution in [0.25, 0.3) is 0 Å². The van der Waals surface area contributed by atoms with E-state index in [0.717, 1.165) is 11.2 Å². The molecule has 1 heterocycles. The highest BCUT2D eigenvalue weighted by Gasteiger charge is 2.27. The second-order valence-corrected chi connectivity index (χ2v) is 4.67. The number of anilines is 1. The van der Waals surface area contributed by atoms with Crippen LogP contribution in [0.15, 0.2) is 12.1 Å². The van der Waals surface area contributed by atoms with Gasteiger partial charge in [0, 0.05) is 5.69 Å². The SMILES string of the molecule is CCC(O)C(C)(C)O[B]c1ccc(N)nc1C. The third-order valence-corrected chi connectivity index (χ3v) is 2.83. The molecular formula is C12H20BN2O2. The maximum atomic E-state index is 9.80. The van der Waals surface area contributed by atoms with Crippen LogP contribution in [0.2, 0.25) is 0 Å². The van der Waals surface area contributed by atoms with Gasteiger partial charge in [0.25, 0.3) is 0 Å². The van der Waals surface area contributed by atoms with Gasteiger partial charge in [0.2, 0.25) is 0 Å². The monoisotopic (exact) mass is 235 g/mol. The molecule has 0 aliphatic heterocycles. The molecule has 0 amide bonds. The molecule has 1 rings (SSSR count). The van der Waals surface area contributed by atoms with Crippen molar-refractivity contribution in [2.24, 2.45) is 0 Å². The molecular weight excluding hydrogens is 215 g/mol. The van der Waals surface area contributed by atoms with Crippen LogP contribution < -0.4 is 11.2 Å². The lowest BCUT2D eigenvalue weighted by Gasteiger charge is -2.30. The minimum atomic E-state index is -0.609. The van der Waals surface area contributed by atoms with E-state index in [9.17, 15) is 5.11 Å². The number of nitrogens with zero attached hydrogens (tertiary/aromatic N) is 1. The van der Waals surface area contributed by atoms with Gasteiger partial charge >= 0.3 is 7.48 Å². The largest absolute Gasteiger partial charge is 0.427 e. The zero-order chi connectivity index (χ0) is 13.1. The number of hydrogen-bond acceptors (Lipinski definition) is 4. The first kappa shape index (κ1) is 14.0. The van der Waals surface area contributed by atoms with Crippen molar-refractivity contribution in [3.8, 4) is 0 Å². The number of nitrogen functional groups attached to an aromatic ring is 1. The Kier molecular flexibility index (Phi) is 4.54. The van der Waals surface area contributed by atoms with E-state index in [4.69, 9.17) is 10.4 Å². The van der Waals surface area contributed by atoms with Gasteiger partial charge in [-0.15, -0.1) is 0 Å². The van der Waals surface area contributed by atoms with Crippen LogP contribution in [0, 0.1) is 6.92 Å². The summed E-state index contributed by atoms with van der Waals surface area (Å²) in [4.78, 5) is 4.14. The number of pyridine rings is 1. The van der Waals surface area contributed by atoms with E-state index >= 15 is 0 Å². The molecule has 1 radical (unpaired) electrons. The van der Waals surface area contributed by atoms with Gasteiger partial charge < -0.3 is 15.5 Å². The highest BCUT2D eigenvalue weighted by Crippen LogP contribution is 2.16. The number of nitrogens with two attached hydrogens (primary N) is 1. The van der Waals surface area contributed by atoms with E-state index in [1.165, 1.54) is 0 Å². The summed E-state index contributed by atoms with van der Waals surface area (Å²) in [5.74, 6) is 0.493. The lowest BCUT2D eigenvalue weighted by atomic mass is 9.84. The number of aliphatic hydroxyl groups is 1. The first-order valence-electron chi connectivity index (χ1n) is 5.79. The summed E-state index contributed by atoms with van der Waals surface area (Å²) >= 11 is 0. The normalized spacial score (nSPS) is 13.5. The Hall–Kier alpha value is -1.07. The van der Waals surface area contributed by atoms with Crippen LogP contribution in [-0.2, 0) is 4.65 Å². The van der Waals surface area contributed by atoms with Gasteiger partial charge in [0.1, 0.15) is 5.82 Å². The van der Waals surface area contributed by atoms with Gasteiger partial charge in [-0.2, -0.15) is 0 Å². The molecule has 0 aliphatic rings. The minimum absolute atomic E-state index is 0.493. The van der Waals surface area contributed by atoms with E-state index in [1.54, 1.807) is 13.5 Å². The van der Waals surface area contributed by atoms with Crippen molar-refractivity contribution in [1.82, 2.24) is 4.98 Å². The van der Waals surface area contributed by atoms with Gasteiger partial charge in [-0.25, -0.2) is 4.98 Å². The van der Waals surface area contributed by atoms with Crippen molar-refractivity contribution in [3.05, 3.63) is 17.8 Å². The van der Waals surface area contributed by atoms with E-state index in [1.807, 2.05) is 33.8 Å². The number of aliphatic hydroxyl groups excluding tert-OH is 1. The Bertz CT molecular complexity index is 383. The lowest BCUT2D eigenvalue weighted by molar-refractivity contribution is -0.0272. The molecule has 1 aromatic rings. The number of rotatable bonds is 5. The quantitative estimate of drug-likeness (QED) is 0.740. The summed E-state index contributed by atoms with van der Waals surface area (Å²) in [6.45, 7) is 7.51. The predicted molar refractivity (Wildman–Crippen MR) is 70.2 cm³/mol. The predicted octanol–water partition coefficient (Wildman–Crippen LogP) is 0.783. The summed E-state index contributed by atoms with van der Waals surface area (Å²) in [6.07, 6.45) is 0.153. The molecule has 17 heavy (non-hydrogen) atoms. The Balaban J connectivity index is 2.67. The zero-order valence-electron chi connectivity index (χ0n) is 10.9. The highest BCUT2D eigenvalue weighted by atomic mass is 16.5. The van der Waals surface area contributed by atoms with Gasteiger partial charge in [0.15, 0.2) is 0 Å². The number of aromatic nitrogens is 1. The number of aryl methyl sites for hydroxylation is 1. The van der Waals surface area contributed by atoms with Crippen LogP contribution in [0.4, 0.5) is 5.82 Å². The molecule has 0 aliphatic carbocycles. The third kappa shape index (κ3) is 3.72. The molecule has 0 bridgehead atoms. The summed E-state index contributed by atoms with van der Waals surface area (Å²) in [6, 6.07) is 3.58. The van der Waals surface area contributed by atoms with Crippen molar-refractivity contribution >= 4 is 18.8 Å². The molecule has 1 atom stereocenters. The maximum absolute atomic E-state index is 9.80. The molecule has 0 aromatic carbocycles. The Morgan fingerprint density at radius 2 is 2.18 bits per heavy atom. The van der Waals surface area contributed by atoms with Gasteiger partial charge in [-0.05, 0) is 38.7 Å². The smallest absolute Gasteiger partial charge is 0.332 e. The molecule has 0 saturated carbocycles. The summed E-state index contributed by atoms with van der Waals surface area (Å²) in [5.41, 5.74) is 6.65. The Morgan fingerprint density at radius 3 is 2.71 bits per heavy atom. The first-order chi connectivity index (χ1) is 7.86. The zero-order valence-corrected chi connectivity index (χ0v) is 10.9. The first-order valence-corrected chi connectivity index (χ1v) is 5.79. The van der Waals surface area contributed by atoms with Crippen LogP contribution in [0.1, 0.15) is 32.9 Å². The molecule has 0 spiro atoms. The molecule has 93 valence electrons. The van der Waals surface area contributed by atoms with E-state index < -0.39 is 11.7 Å². The second kappa shape index (κ2) is 5.51. The average molecular weight is 235 g/mol.